The predicted molar refractivity (Wildman–Crippen MR) is 66.8 cm³/mol. The molecule has 0 bridgehead atoms. The lowest BCUT2D eigenvalue weighted by molar-refractivity contribution is -0.0755. The number of nitriles is 1. The molecule has 0 spiro atoms. The number of ether oxygens (including phenoxy) is 1. The van der Waals surface area contributed by atoms with E-state index in [4.69, 9.17) is 14.4 Å². The molecule has 4 nitrogen and oxygen atoms in total. The molecule has 1 aromatic carbocycles. The van der Waals surface area contributed by atoms with Gasteiger partial charge in [-0.05, 0) is 6.07 Å². The van der Waals surface area contributed by atoms with Gasteiger partial charge in [-0.25, -0.2) is 0 Å². The van der Waals surface area contributed by atoms with Crippen LogP contribution in [0.3, 0.4) is 0 Å². The molecule has 1 saturated heterocycles. The quantitative estimate of drug-likeness (QED) is 0.891. The number of furan rings is 1. The SMILES string of the molecule is N#CC1(CNCc2coc3ccccc23)COC1. The highest BCUT2D eigenvalue weighted by atomic mass is 16.5. The molecule has 0 saturated carbocycles. The van der Waals surface area contributed by atoms with Crippen molar-refractivity contribution in [2.45, 2.75) is 6.54 Å². The third-order valence-electron chi connectivity index (χ3n) is 3.33. The van der Waals surface area contributed by atoms with Gasteiger partial charge in [-0.3, -0.25) is 0 Å². The molecule has 1 fully saturated rings. The summed E-state index contributed by atoms with van der Waals surface area (Å²) in [5.41, 5.74) is 1.69. The van der Waals surface area contributed by atoms with Crippen molar-refractivity contribution in [1.82, 2.24) is 5.32 Å². The third-order valence-corrected chi connectivity index (χ3v) is 3.33. The Morgan fingerprint density at radius 3 is 2.89 bits per heavy atom. The Kier molecular flexibility index (Phi) is 2.78. The third kappa shape index (κ3) is 1.88. The molecule has 2 heterocycles. The Labute approximate surface area is 105 Å². The zero-order valence-electron chi connectivity index (χ0n) is 9.98. The summed E-state index contributed by atoms with van der Waals surface area (Å²) in [7, 11) is 0. The minimum Gasteiger partial charge on any atom is -0.464 e. The first-order valence-electron chi connectivity index (χ1n) is 5.98. The molecule has 1 N–H and O–H groups in total. The standard InChI is InChI=1S/C14H14N2O2/c15-7-14(9-17-10-14)8-16-5-11-6-18-13-4-2-1-3-12(11)13/h1-4,6,16H,5,8-10H2. The number of para-hydroxylation sites is 1. The average Bonchev–Trinajstić information content (AvgIpc) is 2.76. The number of hydrogen-bond acceptors (Lipinski definition) is 4. The Hall–Kier alpha value is -1.83. The van der Waals surface area contributed by atoms with Gasteiger partial charge in [0.1, 0.15) is 11.0 Å². The highest BCUT2D eigenvalue weighted by Crippen LogP contribution is 2.26. The molecule has 1 aliphatic rings. The second-order valence-electron chi connectivity index (χ2n) is 4.75. The summed E-state index contributed by atoms with van der Waals surface area (Å²) in [5.74, 6) is 0. The van der Waals surface area contributed by atoms with Crippen LogP contribution in [0.25, 0.3) is 11.0 Å². The fourth-order valence-corrected chi connectivity index (χ4v) is 2.16. The minimum absolute atomic E-state index is 0.334. The average molecular weight is 242 g/mol. The summed E-state index contributed by atoms with van der Waals surface area (Å²) in [5, 5.41) is 13.5. The van der Waals surface area contributed by atoms with Crippen molar-refractivity contribution in [3.63, 3.8) is 0 Å². The van der Waals surface area contributed by atoms with Crippen LogP contribution >= 0.6 is 0 Å². The molecular formula is C14H14N2O2. The molecule has 0 unspecified atom stereocenters. The van der Waals surface area contributed by atoms with Crippen LogP contribution in [0.5, 0.6) is 0 Å². The molecule has 0 radical (unpaired) electrons. The van der Waals surface area contributed by atoms with Crippen LogP contribution < -0.4 is 5.32 Å². The van der Waals surface area contributed by atoms with Gasteiger partial charge in [0.05, 0.1) is 25.5 Å². The molecule has 4 heteroatoms. The van der Waals surface area contributed by atoms with Gasteiger partial charge < -0.3 is 14.5 Å². The Balaban J connectivity index is 1.65. The van der Waals surface area contributed by atoms with Gasteiger partial charge >= 0.3 is 0 Å². The minimum atomic E-state index is -0.334. The van der Waals surface area contributed by atoms with Crippen LogP contribution in [0.15, 0.2) is 34.9 Å². The summed E-state index contributed by atoms with van der Waals surface area (Å²) < 4.78 is 10.6. The second kappa shape index (κ2) is 4.45. The molecule has 3 rings (SSSR count). The zero-order chi connectivity index (χ0) is 12.4. The Morgan fingerprint density at radius 2 is 2.17 bits per heavy atom. The molecule has 1 aliphatic heterocycles. The second-order valence-corrected chi connectivity index (χ2v) is 4.75. The molecule has 2 aromatic rings. The largest absolute Gasteiger partial charge is 0.464 e. The van der Waals surface area contributed by atoms with E-state index in [1.807, 2.05) is 24.3 Å². The van der Waals surface area contributed by atoms with Crippen molar-refractivity contribution < 1.29 is 9.15 Å². The van der Waals surface area contributed by atoms with Crippen LogP contribution in [-0.2, 0) is 11.3 Å². The van der Waals surface area contributed by atoms with Gasteiger partial charge in [0.25, 0.3) is 0 Å². The van der Waals surface area contributed by atoms with Crippen LogP contribution in [0, 0.1) is 16.7 Å². The number of nitrogens with one attached hydrogen (secondary N) is 1. The van der Waals surface area contributed by atoms with Gasteiger partial charge in [0, 0.05) is 24.0 Å². The number of fused-ring (bicyclic) bond motifs is 1. The fourth-order valence-electron chi connectivity index (χ4n) is 2.16. The maximum absolute atomic E-state index is 9.08. The molecule has 92 valence electrons. The number of hydrogen-bond donors (Lipinski definition) is 1. The van der Waals surface area contributed by atoms with E-state index in [-0.39, 0.29) is 5.41 Å². The van der Waals surface area contributed by atoms with Gasteiger partial charge in [-0.1, -0.05) is 18.2 Å². The van der Waals surface area contributed by atoms with E-state index in [1.165, 1.54) is 0 Å². The number of benzene rings is 1. The van der Waals surface area contributed by atoms with Crippen molar-refractivity contribution in [3.05, 3.63) is 36.1 Å². The molecular weight excluding hydrogens is 228 g/mol. The highest BCUT2D eigenvalue weighted by molar-refractivity contribution is 5.80. The predicted octanol–water partition coefficient (Wildman–Crippen LogP) is 2.06. The first kappa shape index (κ1) is 11.3. The van der Waals surface area contributed by atoms with Crippen molar-refractivity contribution in [3.8, 4) is 6.07 Å². The van der Waals surface area contributed by atoms with E-state index < -0.39 is 0 Å². The highest BCUT2D eigenvalue weighted by Gasteiger charge is 2.38. The van der Waals surface area contributed by atoms with E-state index in [9.17, 15) is 0 Å². The number of nitrogens with zero attached hydrogens (tertiary/aromatic N) is 1. The summed E-state index contributed by atoms with van der Waals surface area (Å²) >= 11 is 0. The Bertz CT molecular complexity index is 593. The normalized spacial score (nSPS) is 17.3. The van der Waals surface area contributed by atoms with Crippen LogP contribution in [0.1, 0.15) is 5.56 Å². The van der Waals surface area contributed by atoms with Crippen molar-refractivity contribution in [1.29, 1.82) is 5.26 Å². The van der Waals surface area contributed by atoms with Crippen molar-refractivity contribution >= 4 is 11.0 Å². The van der Waals surface area contributed by atoms with Gasteiger partial charge in [0.15, 0.2) is 0 Å². The Morgan fingerprint density at radius 1 is 1.33 bits per heavy atom. The number of rotatable bonds is 4. The lowest BCUT2D eigenvalue weighted by Crippen LogP contribution is -2.48. The first-order valence-corrected chi connectivity index (χ1v) is 5.98. The lowest BCUT2D eigenvalue weighted by atomic mass is 9.88. The summed E-state index contributed by atoms with van der Waals surface area (Å²) in [4.78, 5) is 0. The smallest absolute Gasteiger partial charge is 0.134 e. The summed E-state index contributed by atoms with van der Waals surface area (Å²) in [6.07, 6.45) is 1.77. The molecule has 18 heavy (non-hydrogen) atoms. The van der Waals surface area contributed by atoms with E-state index in [0.717, 1.165) is 16.5 Å². The topological polar surface area (TPSA) is 58.2 Å². The van der Waals surface area contributed by atoms with Crippen LogP contribution in [0.2, 0.25) is 0 Å². The van der Waals surface area contributed by atoms with E-state index >= 15 is 0 Å². The van der Waals surface area contributed by atoms with Crippen molar-refractivity contribution in [2.75, 3.05) is 19.8 Å². The summed E-state index contributed by atoms with van der Waals surface area (Å²) in [6.45, 7) is 2.43. The summed E-state index contributed by atoms with van der Waals surface area (Å²) in [6, 6.07) is 10.3. The van der Waals surface area contributed by atoms with Gasteiger partial charge in [-0.15, -0.1) is 0 Å². The monoisotopic (exact) mass is 242 g/mol. The van der Waals surface area contributed by atoms with Crippen LogP contribution in [0.4, 0.5) is 0 Å². The van der Waals surface area contributed by atoms with E-state index in [0.29, 0.717) is 26.3 Å². The zero-order valence-corrected chi connectivity index (χ0v) is 9.98. The van der Waals surface area contributed by atoms with Crippen molar-refractivity contribution in [2.24, 2.45) is 5.41 Å². The van der Waals surface area contributed by atoms with E-state index in [2.05, 4.69) is 11.4 Å². The van der Waals surface area contributed by atoms with Crippen LogP contribution in [-0.4, -0.2) is 19.8 Å². The maximum atomic E-state index is 9.08. The molecule has 1 aromatic heterocycles. The lowest BCUT2D eigenvalue weighted by Gasteiger charge is -2.35. The first-order chi connectivity index (χ1) is 8.83. The van der Waals surface area contributed by atoms with Gasteiger partial charge in [-0.2, -0.15) is 5.26 Å². The van der Waals surface area contributed by atoms with Gasteiger partial charge in [0.2, 0.25) is 0 Å². The molecule has 0 atom stereocenters. The fraction of sp³-hybridized carbons (Fsp3) is 0.357. The maximum Gasteiger partial charge on any atom is 0.134 e. The van der Waals surface area contributed by atoms with E-state index in [1.54, 1.807) is 6.26 Å². The molecule has 0 amide bonds. The molecule has 0 aliphatic carbocycles.